The average molecular weight is 165 g/mol. The number of nitrogens with zero attached hydrogens (tertiary/aromatic N) is 1. The molecule has 0 bridgehead atoms. The molecule has 1 heterocycles. The van der Waals surface area contributed by atoms with Crippen LogP contribution in [0.2, 0.25) is 0 Å². The number of piperidine rings is 1. The molecule has 1 saturated heterocycles. The Morgan fingerprint density at radius 1 is 1.42 bits per heavy atom. The Kier molecular flexibility index (Phi) is 1.99. The summed E-state index contributed by atoms with van der Waals surface area (Å²) in [7, 11) is 0. The smallest absolute Gasteiger partial charge is 0.00104 e. The minimum Gasteiger partial charge on any atom is -0.304 e. The van der Waals surface area contributed by atoms with E-state index >= 15 is 0 Å². The highest BCUT2D eigenvalue weighted by molar-refractivity contribution is 5.22. The van der Waals surface area contributed by atoms with Crippen molar-refractivity contribution in [1.82, 2.24) is 4.90 Å². The van der Waals surface area contributed by atoms with Crippen LogP contribution in [0.4, 0.5) is 0 Å². The molecule has 0 aromatic rings. The van der Waals surface area contributed by atoms with Crippen molar-refractivity contribution in [2.75, 3.05) is 19.6 Å². The molecule has 1 nitrogen and oxygen atoms in total. The molecule has 0 unspecified atom stereocenters. The van der Waals surface area contributed by atoms with Crippen LogP contribution in [0.5, 0.6) is 0 Å². The predicted molar refractivity (Wildman–Crippen MR) is 52.2 cm³/mol. The maximum absolute atomic E-state index is 2.56. The summed E-state index contributed by atoms with van der Waals surface area (Å²) in [6.45, 7) is 8.40. The monoisotopic (exact) mass is 165 g/mol. The van der Waals surface area contributed by atoms with Gasteiger partial charge in [-0.15, -0.1) is 0 Å². The Balaban J connectivity index is 1.91. The largest absolute Gasteiger partial charge is 0.304 e. The second-order valence-corrected chi connectivity index (χ2v) is 4.46. The molecule has 0 amide bonds. The van der Waals surface area contributed by atoms with E-state index in [0.29, 0.717) is 5.41 Å². The lowest BCUT2D eigenvalue weighted by atomic mass is 9.66. The van der Waals surface area contributed by atoms with E-state index in [9.17, 15) is 0 Å². The van der Waals surface area contributed by atoms with Gasteiger partial charge < -0.3 is 4.90 Å². The first-order chi connectivity index (χ1) is 5.74. The maximum atomic E-state index is 2.56. The molecule has 1 aliphatic heterocycles. The van der Waals surface area contributed by atoms with Crippen LogP contribution in [0.3, 0.4) is 0 Å². The molecule has 2 rings (SSSR count). The van der Waals surface area contributed by atoms with Crippen LogP contribution in [0.25, 0.3) is 0 Å². The third-order valence-electron chi connectivity index (χ3n) is 3.48. The van der Waals surface area contributed by atoms with Gasteiger partial charge in [-0.25, -0.2) is 0 Å². The van der Waals surface area contributed by atoms with Gasteiger partial charge in [-0.2, -0.15) is 0 Å². The summed E-state index contributed by atoms with van der Waals surface area (Å²) in [6.07, 6.45) is 6.70. The Hall–Kier alpha value is -0.300. The van der Waals surface area contributed by atoms with Gasteiger partial charge in [-0.3, -0.25) is 0 Å². The lowest BCUT2D eigenvalue weighted by Crippen LogP contribution is -2.41. The quantitative estimate of drug-likeness (QED) is 0.539. The highest BCUT2D eigenvalue weighted by Crippen LogP contribution is 2.46. The van der Waals surface area contributed by atoms with E-state index in [4.69, 9.17) is 0 Å². The van der Waals surface area contributed by atoms with Crippen molar-refractivity contribution < 1.29 is 0 Å². The molecule has 1 heteroatoms. The van der Waals surface area contributed by atoms with E-state index in [1.54, 1.807) is 5.57 Å². The van der Waals surface area contributed by atoms with Crippen LogP contribution >= 0.6 is 0 Å². The lowest BCUT2D eigenvalue weighted by Gasteiger charge is -2.45. The second-order valence-electron chi connectivity index (χ2n) is 4.46. The minimum absolute atomic E-state index is 0.649. The zero-order valence-corrected chi connectivity index (χ0v) is 8.27. The Bertz CT molecular complexity index is 197. The van der Waals surface area contributed by atoms with Gasteiger partial charge in [0, 0.05) is 0 Å². The summed E-state index contributed by atoms with van der Waals surface area (Å²) in [6, 6.07) is 0. The molecule has 0 aromatic heterocycles. The van der Waals surface area contributed by atoms with Crippen molar-refractivity contribution in [2.24, 2.45) is 5.41 Å². The topological polar surface area (TPSA) is 3.24 Å². The first kappa shape index (κ1) is 8.31. The van der Waals surface area contributed by atoms with E-state index in [0.717, 1.165) is 0 Å². The number of allylic oxidation sites excluding steroid dienone is 2. The van der Waals surface area contributed by atoms with Crippen molar-refractivity contribution >= 4 is 0 Å². The molecule has 0 atom stereocenters. The number of likely N-dealkylation sites (tertiary alicyclic amines) is 1. The van der Waals surface area contributed by atoms with Crippen molar-refractivity contribution in [3.63, 3.8) is 0 Å². The van der Waals surface area contributed by atoms with Crippen LogP contribution in [-0.4, -0.2) is 24.5 Å². The molecule has 68 valence electrons. The summed E-state index contributed by atoms with van der Waals surface area (Å²) < 4.78 is 0. The molecular weight excluding hydrogens is 146 g/mol. The van der Waals surface area contributed by atoms with E-state index in [-0.39, 0.29) is 0 Å². The first-order valence-electron chi connectivity index (χ1n) is 5.15. The van der Waals surface area contributed by atoms with Gasteiger partial charge >= 0.3 is 0 Å². The molecule has 0 aromatic carbocycles. The predicted octanol–water partition coefficient (Wildman–Crippen LogP) is 2.44. The number of hydrogen-bond donors (Lipinski definition) is 0. The molecule has 1 aliphatic carbocycles. The maximum Gasteiger partial charge on any atom is -0.00104 e. The normalized spacial score (nSPS) is 28.3. The summed E-state index contributed by atoms with van der Waals surface area (Å²) >= 11 is 0. The summed E-state index contributed by atoms with van der Waals surface area (Å²) in [4.78, 5) is 2.56. The van der Waals surface area contributed by atoms with Crippen LogP contribution in [0, 0.1) is 5.41 Å². The zero-order valence-electron chi connectivity index (χ0n) is 8.27. The Labute approximate surface area is 75.4 Å². The van der Waals surface area contributed by atoms with Crippen LogP contribution in [0.1, 0.15) is 33.1 Å². The summed E-state index contributed by atoms with van der Waals surface area (Å²) in [5, 5.41) is 0. The minimum atomic E-state index is 0.649. The van der Waals surface area contributed by atoms with Gasteiger partial charge in [0.15, 0.2) is 0 Å². The van der Waals surface area contributed by atoms with Crippen molar-refractivity contribution in [2.45, 2.75) is 33.1 Å². The van der Waals surface area contributed by atoms with E-state index in [1.807, 2.05) is 0 Å². The molecular formula is C11H19N. The number of hydrogen-bond acceptors (Lipinski definition) is 1. The molecule has 1 fully saturated rings. The first-order valence-corrected chi connectivity index (χ1v) is 5.15. The molecule has 0 radical (unpaired) electrons. The third-order valence-corrected chi connectivity index (χ3v) is 3.48. The fraction of sp³-hybridized carbons (Fsp3) is 0.818. The van der Waals surface area contributed by atoms with Crippen molar-refractivity contribution in [1.29, 1.82) is 0 Å². The van der Waals surface area contributed by atoms with Gasteiger partial charge in [0.1, 0.15) is 0 Å². The van der Waals surface area contributed by atoms with E-state index in [2.05, 4.69) is 24.8 Å². The van der Waals surface area contributed by atoms with E-state index in [1.165, 1.54) is 38.9 Å². The summed E-state index contributed by atoms with van der Waals surface area (Å²) in [5.74, 6) is 0. The van der Waals surface area contributed by atoms with Gasteiger partial charge in [-0.1, -0.05) is 18.6 Å². The van der Waals surface area contributed by atoms with Crippen LogP contribution < -0.4 is 0 Å². The van der Waals surface area contributed by atoms with Crippen LogP contribution in [-0.2, 0) is 0 Å². The van der Waals surface area contributed by atoms with Gasteiger partial charge in [0.25, 0.3) is 0 Å². The zero-order chi connectivity index (χ0) is 8.60. The lowest BCUT2D eigenvalue weighted by molar-refractivity contribution is 0.130. The third kappa shape index (κ3) is 1.31. The Morgan fingerprint density at radius 2 is 2.00 bits per heavy atom. The van der Waals surface area contributed by atoms with Gasteiger partial charge in [0.2, 0.25) is 0 Å². The van der Waals surface area contributed by atoms with Gasteiger partial charge in [-0.05, 0) is 51.2 Å². The molecule has 1 spiro atoms. The van der Waals surface area contributed by atoms with Crippen molar-refractivity contribution in [3.8, 4) is 0 Å². The fourth-order valence-corrected chi connectivity index (χ4v) is 2.68. The van der Waals surface area contributed by atoms with Gasteiger partial charge in [0.05, 0.1) is 0 Å². The number of rotatable bonds is 1. The standard InChI is InChI=1S/C11H19N/c1-3-12-6-4-11(5-7-12)8-10(2)9-11/h8H,3-7,9H2,1-2H3. The Morgan fingerprint density at radius 3 is 2.42 bits per heavy atom. The molecule has 0 saturated carbocycles. The van der Waals surface area contributed by atoms with E-state index < -0.39 is 0 Å². The van der Waals surface area contributed by atoms with Crippen molar-refractivity contribution in [3.05, 3.63) is 11.6 Å². The SMILES string of the molecule is CCN1CCC2(C=C(C)C2)CC1. The fourth-order valence-electron chi connectivity index (χ4n) is 2.68. The average Bonchev–Trinajstić information content (AvgIpc) is 2.04. The highest BCUT2D eigenvalue weighted by atomic mass is 15.1. The highest BCUT2D eigenvalue weighted by Gasteiger charge is 2.37. The molecule has 12 heavy (non-hydrogen) atoms. The molecule has 2 aliphatic rings. The molecule has 0 N–H and O–H groups in total. The summed E-state index contributed by atoms with van der Waals surface area (Å²) in [5.41, 5.74) is 2.26. The van der Waals surface area contributed by atoms with Crippen LogP contribution in [0.15, 0.2) is 11.6 Å². The second kappa shape index (κ2) is 2.88.